The standard InChI is InChI=1S/C11H13NO4/c1-7(14)8-2-4-9(5-3-8)11(12,6-13)10(15)16/h2-5,13H,6,12H2,1H3,(H,15,16)/t11-/m0/s1. The van der Waals surface area contributed by atoms with Gasteiger partial charge in [0.2, 0.25) is 0 Å². The Kier molecular flexibility index (Phi) is 3.41. The molecule has 0 aromatic heterocycles. The summed E-state index contributed by atoms with van der Waals surface area (Å²) in [4.78, 5) is 21.9. The average Bonchev–Trinajstić information content (AvgIpc) is 2.27. The minimum Gasteiger partial charge on any atom is -0.480 e. The van der Waals surface area contributed by atoms with Gasteiger partial charge in [-0.3, -0.25) is 4.79 Å². The maximum Gasteiger partial charge on any atom is 0.330 e. The maximum absolute atomic E-state index is 11.0. The minimum absolute atomic E-state index is 0.117. The van der Waals surface area contributed by atoms with Gasteiger partial charge in [0.1, 0.15) is 0 Å². The molecule has 1 rings (SSSR count). The summed E-state index contributed by atoms with van der Waals surface area (Å²) < 4.78 is 0. The Morgan fingerprint density at radius 1 is 1.31 bits per heavy atom. The van der Waals surface area contributed by atoms with Gasteiger partial charge >= 0.3 is 5.97 Å². The number of aliphatic carboxylic acids is 1. The molecule has 86 valence electrons. The van der Waals surface area contributed by atoms with Gasteiger partial charge in [-0.25, -0.2) is 4.79 Å². The van der Waals surface area contributed by atoms with Gasteiger partial charge in [0, 0.05) is 5.56 Å². The van der Waals surface area contributed by atoms with Crippen molar-refractivity contribution in [1.82, 2.24) is 0 Å². The molecule has 4 N–H and O–H groups in total. The molecule has 0 saturated heterocycles. The van der Waals surface area contributed by atoms with Crippen LogP contribution in [0.25, 0.3) is 0 Å². The Morgan fingerprint density at radius 2 is 1.81 bits per heavy atom. The fourth-order valence-corrected chi connectivity index (χ4v) is 1.28. The zero-order valence-corrected chi connectivity index (χ0v) is 8.80. The maximum atomic E-state index is 11.0. The molecule has 0 aliphatic heterocycles. The number of carboxylic acids is 1. The van der Waals surface area contributed by atoms with Crippen LogP contribution in [0, 0.1) is 0 Å². The molecule has 0 spiro atoms. The highest BCUT2D eigenvalue weighted by molar-refractivity contribution is 5.94. The van der Waals surface area contributed by atoms with Crippen molar-refractivity contribution in [2.45, 2.75) is 12.5 Å². The van der Waals surface area contributed by atoms with Gasteiger partial charge in [-0.2, -0.15) is 0 Å². The average molecular weight is 223 g/mol. The first-order valence-corrected chi connectivity index (χ1v) is 4.66. The number of hydrogen-bond acceptors (Lipinski definition) is 4. The predicted molar refractivity (Wildman–Crippen MR) is 57.0 cm³/mol. The van der Waals surface area contributed by atoms with Crippen molar-refractivity contribution >= 4 is 11.8 Å². The van der Waals surface area contributed by atoms with E-state index in [1.165, 1.54) is 31.2 Å². The van der Waals surface area contributed by atoms with Crippen molar-refractivity contribution in [1.29, 1.82) is 0 Å². The van der Waals surface area contributed by atoms with E-state index in [4.69, 9.17) is 15.9 Å². The summed E-state index contributed by atoms with van der Waals surface area (Å²) in [5.74, 6) is -1.43. The number of nitrogens with two attached hydrogens (primary N) is 1. The van der Waals surface area contributed by atoms with Crippen molar-refractivity contribution in [2.24, 2.45) is 5.73 Å². The molecule has 16 heavy (non-hydrogen) atoms. The van der Waals surface area contributed by atoms with E-state index in [9.17, 15) is 9.59 Å². The van der Waals surface area contributed by atoms with Crippen LogP contribution in [0.3, 0.4) is 0 Å². The number of hydrogen-bond donors (Lipinski definition) is 3. The first-order valence-electron chi connectivity index (χ1n) is 4.66. The van der Waals surface area contributed by atoms with E-state index in [-0.39, 0.29) is 11.3 Å². The van der Waals surface area contributed by atoms with Crippen LogP contribution in [0.5, 0.6) is 0 Å². The smallest absolute Gasteiger partial charge is 0.330 e. The van der Waals surface area contributed by atoms with Gasteiger partial charge < -0.3 is 15.9 Å². The lowest BCUT2D eigenvalue weighted by Gasteiger charge is -2.22. The normalized spacial score (nSPS) is 14.2. The van der Waals surface area contributed by atoms with Crippen LogP contribution in [0.2, 0.25) is 0 Å². The molecular weight excluding hydrogens is 210 g/mol. The van der Waals surface area contributed by atoms with Crippen LogP contribution in [-0.2, 0) is 10.3 Å². The van der Waals surface area contributed by atoms with Crippen molar-refractivity contribution in [3.05, 3.63) is 35.4 Å². The van der Waals surface area contributed by atoms with Crippen LogP contribution in [0.1, 0.15) is 22.8 Å². The molecule has 0 radical (unpaired) electrons. The van der Waals surface area contributed by atoms with Crippen molar-refractivity contribution in [2.75, 3.05) is 6.61 Å². The molecular formula is C11H13NO4. The Balaban J connectivity index is 3.14. The van der Waals surface area contributed by atoms with Gasteiger partial charge in [-0.15, -0.1) is 0 Å². The first kappa shape index (κ1) is 12.4. The highest BCUT2D eigenvalue weighted by Crippen LogP contribution is 2.19. The molecule has 0 saturated carbocycles. The fourth-order valence-electron chi connectivity index (χ4n) is 1.28. The topological polar surface area (TPSA) is 101 Å². The predicted octanol–water partition coefficient (Wildman–Crippen LogP) is 0.120. The Labute approximate surface area is 92.5 Å². The quantitative estimate of drug-likeness (QED) is 0.629. The van der Waals surface area contributed by atoms with Crippen LogP contribution in [0.4, 0.5) is 0 Å². The number of aliphatic hydroxyl groups excluding tert-OH is 1. The fraction of sp³-hybridized carbons (Fsp3) is 0.273. The number of aliphatic hydroxyl groups is 1. The number of rotatable bonds is 4. The zero-order valence-electron chi connectivity index (χ0n) is 8.80. The van der Waals surface area contributed by atoms with Gasteiger partial charge in [-0.1, -0.05) is 24.3 Å². The zero-order chi connectivity index (χ0) is 12.3. The summed E-state index contributed by atoms with van der Waals surface area (Å²) >= 11 is 0. The molecule has 0 fully saturated rings. The number of ketones is 1. The van der Waals surface area contributed by atoms with Crippen LogP contribution in [-0.4, -0.2) is 28.6 Å². The van der Waals surface area contributed by atoms with E-state index in [0.717, 1.165) is 0 Å². The highest BCUT2D eigenvalue weighted by atomic mass is 16.4. The first-order chi connectivity index (χ1) is 7.41. The lowest BCUT2D eigenvalue weighted by molar-refractivity contribution is -0.145. The van der Waals surface area contributed by atoms with Crippen molar-refractivity contribution in [3.8, 4) is 0 Å². The molecule has 5 nitrogen and oxygen atoms in total. The molecule has 0 unspecified atom stereocenters. The lowest BCUT2D eigenvalue weighted by atomic mass is 9.91. The third-order valence-electron chi connectivity index (χ3n) is 2.44. The summed E-state index contributed by atoms with van der Waals surface area (Å²) in [5.41, 5.74) is 4.45. The van der Waals surface area contributed by atoms with Gasteiger partial charge in [0.15, 0.2) is 11.3 Å². The minimum atomic E-state index is -1.82. The molecule has 0 bridgehead atoms. The van der Waals surface area contributed by atoms with Gasteiger partial charge in [0.05, 0.1) is 6.61 Å². The molecule has 1 aromatic rings. The van der Waals surface area contributed by atoms with Crippen molar-refractivity contribution in [3.63, 3.8) is 0 Å². The summed E-state index contributed by atoms with van der Waals surface area (Å²) in [6.07, 6.45) is 0. The number of carbonyl (C=O) groups excluding carboxylic acids is 1. The Bertz CT molecular complexity index is 412. The second-order valence-electron chi connectivity index (χ2n) is 3.57. The van der Waals surface area contributed by atoms with E-state index in [0.29, 0.717) is 5.56 Å². The molecule has 1 aromatic carbocycles. The van der Waals surface area contributed by atoms with Gasteiger partial charge in [0.25, 0.3) is 0 Å². The summed E-state index contributed by atoms with van der Waals surface area (Å²) in [6, 6.07) is 5.83. The van der Waals surface area contributed by atoms with E-state index >= 15 is 0 Å². The van der Waals surface area contributed by atoms with E-state index in [2.05, 4.69) is 0 Å². The van der Waals surface area contributed by atoms with Gasteiger partial charge in [-0.05, 0) is 12.5 Å². The second kappa shape index (κ2) is 4.42. The highest BCUT2D eigenvalue weighted by Gasteiger charge is 2.35. The molecule has 0 aliphatic carbocycles. The molecule has 0 amide bonds. The Morgan fingerprint density at radius 3 is 2.12 bits per heavy atom. The van der Waals surface area contributed by atoms with Crippen molar-refractivity contribution < 1.29 is 19.8 Å². The molecule has 0 aliphatic rings. The van der Waals surface area contributed by atoms with E-state index in [1.807, 2.05) is 0 Å². The third-order valence-corrected chi connectivity index (χ3v) is 2.44. The number of Topliss-reactive ketones (excluding diaryl/α,β-unsaturated/α-hetero) is 1. The Hall–Kier alpha value is -1.72. The van der Waals surface area contributed by atoms with Crippen LogP contribution in [0.15, 0.2) is 24.3 Å². The van der Waals surface area contributed by atoms with Crippen LogP contribution < -0.4 is 5.73 Å². The number of carbonyl (C=O) groups is 2. The summed E-state index contributed by atoms with van der Waals surface area (Å²) in [6.45, 7) is 0.704. The number of carboxylic acid groups (broad SMARTS) is 1. The second-order valence-corrected chi connectivity index (χ2v) is 3.57. The lowest BCUT2D eigenvalue weighted by Crippen LogP contribution is -2.48. The van der Waals surface area contributed by atoms with Crippen LogP contribution >= 0.6 is 0 Å². The summed E-state index contributed by atoms with van der Waals surface area (Å²) in [5, 5.41) is 17.9. The molecule has 0 heterocycles. The molecule has 5 heteroatoms. The number of benzene rings is 1. The summed E-state index contributed by atoms with van der Waals surface area (Å²) in [7, 11) is 0. The third kappa shape index (κ3) is 2.10. The van der Waals surface area contributed by atoms with E-state index < -0.39 is 18.1 Å². The molecule has 1 atom stereocenters. The van der Waals surface area contributed by atoms with E-state index in [1.54, 1.807) is 0 Å². The largest absolute Gasteiger partial charge is 0.480 e. The SMILES string of the molecule is CC(=O)c1ccc([C@@](N)(CO)C(=O)O)cc1. The monoisotopic (exact) mass is 223 g/mol.